The highest BCUT2D eigenvalue weighted by atomic mass is 35.5. The second-order valence-corrected chi connectivity index (χ2v) is 8.68. The molecule has 2 atom stereocenters. The third-order valence-corrected chi connectivity index (χ3v) is 6.55. The molecule has 0 radical (unpaired) electrons. The van der Waals surface area contributed by atoms with Crippen LogP contribution in [0.15, 0.2) is 85.1 Å². The van der Waals surface area contributed by atoms with Gasteiger partial charge in [0.15, 0.2) is 5.11 Å². The van der Waals surface area contributed by atoms with Crippen LogP contribution in [0.25, 0.3) is 5.69 Å². The van der Waals surface area contributed by atoms with Gasteiger partial charge in [-0.3, -0.25) is 4.98 Å². The van der Waals surface area contributed by atoms with Crippen LogP contribution in [0, 0.1) is 6.92 Å². The van der Waals surface area contributed by atoms with Crippen LogP contribution in [-0.4, -0.2) is 21.8 Å². The van der Waals surface area contributed by atoms with E-state index < -0.39 is 0 Å². The minimum Gasteiger partial charge on any atom is -0.495 e. The molecule has 7 heteroatoms. The molecule has 0 bridgehead atoms. The number of ether oxygens (including phenoxy) is 1. The normalized spacial score (nSPS) is 17.8. The number of benzene rings is 2. The summed E-state index contributed by atoms with van der Waals surface area (Å²) in [6, 6.07) is 26.0. The molecule has 166 valence electrons. The predicted molar refractivity (Wildman–Crippen MR) is 136 cm³/mol. The molecule has 1 N–H and O–H groups in total. The number of hydrogen-bond acceptors (Lipinski definition) is 3. The first kappa shape index (κ1) is 21.5. The van der Waals surface area contributed by atoms with Crippen molar-refractivity contribution in [2.24, 2.45) is 0 Å². The van der Waals surface area contributed by atoms with Gasteiger partial charge in [0.1, 0.15) is 11.8 Å². The number of halogens is 1. The predicted octanol–water partition coefficient (Wildman–Crippen LogP) is 6.02. The fourth-order valence-corrected chi connectivity index (χ4v) is 5.06. The number of nitrogens with one attached hydrogen (secondary N) is 1. The fraction of sp³-hybridized carbons (Fsp3) is 0.154. The number of hydrogen-bond donors (Lipinski definition) is 1. The molecule has 0 spiro atoms. The number of aryl methyl sites for hydroxylation is 1. The maximum atomic E-state index is 6.50. The number of methoxy groups -OCH3 is 1. The zero-order valence-electron chi connectivity index (χ0n) is 18.3. The number of para-hydroxylation sites is 1. The Morgan fingerprint density at radius 3 is 2.45 bits per heavy atom. The molecule has 1 aliphatic heterocycles. The Kier molecular flexibility index (Phi) is 5.79. The van der Waals surface area contributed by atoms with Crippen LogP contribution in [0.5, 0.6) is 5.75 Å². The van der Waals surface area contributed by atoms with Gasteiger partial charge in [-0.25, -0.2) is 0 Å². The van der Waals surface area contributed by atoms with Gasteiger partial charge in [0.25, 0.3) is 0 Å². The van der Waals surface area contributed by atoms with E-state index in [0.29, 0.717) is 15.9 Å². The molecule has 4 aromatic rings. The highest BCUT2D eigenvalue weighted by molar-refractivity contribution is 7.80. The van der Waals surface area contributed by atoms with Crippen LogP contribution in [0.1, 0.15) is 29.2 Å². The zero-order chi connectivity index (χ0) is 22.9. The van der Waals surface area contributed by atoms with Crippen molar-refractivity contribution in [2.75, 3.05) is 12.0 Å². The van der Waals surface area contributed by atoms with E-state index in [9.17, 15) is 0 Å². The monoisotopic (exact) mass is 474 g/mol. The summed E-state index contributed by atoms with van der Waals surface area (Å²) in [5.41, 5.74) is 5.15. The highest BCUT2D eigenvalue weighted by Crippen LogP contribution is 2.44. The third kappa shape index (κ3) is 3.86. The molecular formula is C26H23ClN4OS. The van der Waals surface area contributed by atoms with Crippen molar-refractivity contribution in [3.8, 4) is 11.4 Å². The summed E-state index contributed by atoms with van der Waals surface area (Å²) < 4.78 is 7.63. The summed E-state index contributed by atoms with van der Waals surface area (Å²) >= 11 is 12.4. The number of rotatable bonds is 5. The van der Waals surface area contributed by atoms with Gasteiger partial charge < -0.3 is 19.5 Å². The van der Waals surface area contributed by atoms with Crippen LogP contribution in [-0.2, 0) is 0 Å². The Labute approximate surface area is 203 Å². The lowest BCUT2D eigenvalue weighted by Gasteiger charge is -2.29. The van der Waals surface area contributed by atoms with Crippen LogP contribution < -0.4 is 15.0 Å². The molecule has 1 saturated heterocycles. The Morgan fingerprint density at radius 1 is 0.970 bits per heavy atom. The van der Waals surface area contributed by atoms with Gasteiger partial charge in [-0.15, -0.1) is 0 Å². The lowest BCUT2D eigenvalue weighted by molar-refractivity contribution is 0.415. The molecular weight excluding hydrogens is 452 g/mol. The minimum atomic E-state index is -0.147. The Morgan fingerprint density at radius 2 is 1.76 bits per heavy atom. The van der Waals surface area contributed by atoms with Crippen LogP contribution >= 0.6 is 23.8 Å². The molecule has 5 nitrogen and oxygen atoms in total. The smallest absolute Gasteiger partial charge is 0.174 e. The number of nitrogens with zero attached hydrogens (tertiary/aromatic N) is 3. The summed E-state index contributed by atoms with van der Waals surface area (Å²) in [4.78, 5) is 6.77. The van der Waals surface area contributed by atoms with Crippen molar-refractivity contribution in [2.45, 2.75) is 19.0 Å². The van der Waals surface area contributed by atoms with Crippen molar-refractivity contribution < 1.29 is 4.74 Å². The van der Waals surface area contributed by atoms with E-state index in [-0.39, 0.29) is 12.1 Å². The van der Waals surface area contributed by atoms with E-state index in [1.807, 2.05) is 60.8 Å². The number of aromatic nitrogens is 2. The lowest BCUT2D eigenvalue weighted by Crippen LogP contribution is -2.30. The summed E-state index contributed by atoms with van der Waals surface area (Å²) in [6.45, 7) is 2.11. The van der Waals surface area contributed by atoms with Crippen molar-refractivity contribution >= 4 is 34.6 Å². The van der Waals surface area contributed by atoms with Gasteiger partial charge in [-0.1, -0.05) is 35.9 Å². The Hall–Kier alpha value is -3.35. The molecule has 3 heterocycles. The van der Waals surface area contributed by atoms with Gasteiger partial charge in [0.05, 0.1) is 23.9 Å². The van der Waals surface area contributed by atoms with Gasteiger partial charge in [-0.05, 0) is 73.7 Å². The molecule has 2 aromatic heterocycles. The number of pyridine rings is 1. The van der Waals surface area contributed by atoms with Gasteiger partial charge >= 0.3 is 0 Å². The summed E-state index contributed by atoms with van der Waals surface area (Å²) in [5, 5.41) is 4.67. The van der Waals surface area contributed by atoms with Crippen LogP contribution in [0.4, 0.5) is 5.69 Å². The third-order valence-electron chi connectivity index (χ3n) is 5.94. The van der Waals surface area contributed by atoms with Crippen LogP contribution in [0.3, 0.4) is 0 Å². The summed E-state index contributed by atoms with van der Waals surface area (Å²) in [6.07, 6.45) is 1.81. The van der Waals surface area contributed by atoms with Gasteiger partial charge in [0.2, 0.25) is 0 Å². The molecule has 1 fully saturated rings. The maximum absolute atomic E-state index is 6.50. The highest BCUT2D eigenvalue weighted by Gasteiger charge is 2.42. The van der Waals surface area contributed by atoms with E-state index in [0.717, 1.165) is 28.5 Å². The molecule has 33 heavy (non-hydrogen) atoms. The van der Waals surface area contributed by atoms with Gasteiger partial charge in [0, 0.05) is 29.0 Å². The van der Waals surface area contributed by atoms with E-state index in [2.05, 4.69) is 51.0 Å². The first-order valence-corrected chi connectivity index (χ1v) is 11.4. The van der Waals surface area contributed by atoms with Crippen molar-refractivity contribution in [3.05, 3.63) is 107 Å². The van der Waals surface area contributed by atoms with E-state index in [1.54, 1.807) is 7.11 Å². The minimum absolute atomic E-state index is 0.142. The second-order valence-electron chi connectivity index (χ2n) is 7.89. The van der Waals surface area contributed by atoms with Crippen LogP contribution in [0.2, 0.25) is 5.02 Å². The summed E-state index contributed by atoms with van der Waals surface area (Å²) in [7, 11) is 1.61. The van der Waals surface area contributed by atoms with Gasteiger partial charge in [-0.2, -0.15) is 0 Å². The molecule has 0 saturated carbocycles. The molecule has 0 aliphatic carbocycles. The standard InChI is InChI=1S/C26H23ClN4OS/c1-17-11-13-22(30(17)18-8-4-3-5-9-18)25-24(21-10-6-7-15-28-21)29-26(33)31(25)19-12-14-23(32-2)20(27)16-19/h3-16,24-25H,1-2H3,(H,29,33)/t24-,25-/m0/s1. The Balaban J connectivity index is 1.69. The number of thiocarbonyl (C=S) groups is 1. The van der Waals surface area contributed by atoms with Crippen molar-refractivity contribution in [1.29, 1.82) is 0 Å². The number of anilines is 1. The maximum Gasteiger partial charge on any atom is 0.174 e. The average molecular weight is 475 g/mol. The molecule has 2 aromatic carbocycles. The lowest BCUT2D eigenvalue weighted by atomic mass is 10.0. The van der Waals surface area contributed by atoms with E-state index >= 15 is 0 Å². The van der Waals surface area contributed by atoms with E-state index in [1.165, 1.54) is 0 Å². The largest absolute Gasteiger partial charge is 0.495 e. The van der Waals surface area contributed by atoms with Crippen molar-refractivity contribution in [3.63, 3.8) is 0 Å². The zero-order valence-corrected chi connectivity index (χ0v) is 19.8. The average Bonchev–Trinajstić information content (AvgIpc) is 3.39. The quantitative estimate of drug-likeness (QED) is 0.358. The Bertz CT molecular complexity index is 1290. The molecule has 0 amide bonds. The second kappa shape index (κ2) is 8.89. The molecule has 0 unspecified atom stereocenters. The topological polar surface area (TPSA) is 42.3 Å². The first-order valence-electron chi connectivity index (χ1n) is 10.7. The SMILES string of the molecule is COc1ccc(N2C(=S)N[C@@H](c3ccccn3)[C@@H]2c2ccc(C)n2-c2ccccc2)cc1Cl. The first-order chi connectivity index (χ1) is 16.1. The van der Waals surface area contributed by atoms with Crippen molar-refractivity contribution in [1.82, 2.24) is 14.9 Å². The fourth-order valence-electron chi connectivity index (χ4n) is 4.46. The summed E-state index contributed by atoms with van der Waals surface area (Å²) in [5.74, 6) is 0.625. The molecule has 5 rings (SSSR count). The van der Waals surface area contributed by atoms with E-state index in [4.69, 9.17) is 28.6 Å². The molecule has 1 aliphatic rings.